The van der Waals surface area contributed by atoms with Crippen molar-refractivity contribution in [1.82, 2.24) is 19.5 Å². The van der Waals surface area contributed by atoms with Gasteiger partial charge in [-0.1, -0.05) is 61.9 Å². The second-order valence-corrected chi connectivity index (χ2v) is 9.78. The molecule has 1 aliphatic rings. The molecule has 1 saturated carbocycles. The summed E-state index contributed by atoms with van der Waals surface area (Å²) in [5, 5.41) is 10.6. The summed E-state index contributed by atoms with van der Waals surface area (Å²) >= 11 is 0. The third-order valence-electron chi connectivity index (χ3n) is 6.68. The smallest absolute Gasteiger partial charge is 0.196 e. The second-order valence-electron chi connectivity index (χ2n) is 9.78. The van der Waals surface area contributed by atoms with Crippen LogP contribution in [0, 0.1) is 12.8 Å². The number of fused-ring (bicyclic) bond motifs is 1. The zero-order valence-corrected chi connectivity index (χ0v) is 21.7. The molecule has 7 heteroatoms. The van der Waals surface area contributed by atoms with Gasteiger partial charge in [0.2, 0.25) is 0 Å². The lowest BCUT2D eigenvalue weighted by molar-refractivity contribution is 0.111. The van der Waals surface area contributed by atoms with Crippen LogP contribution in [0.1, 0.15) is 66.8 Å². The number of anilines is 1. The lowest BCUT2D eigenvalue weighted by atomic mass is 10.0. The van der Waals surface area contributed by atoms with Gasteiger partial charge < -0.3 is 15.0 Å². The zero-order chi connectivity index (χ0) is 25.8. The van der Waals surface area contributed by atoms with E-state index < -0.39 is 0 Å². The fourth-order valence-electron chi connectivity index (χ4n) is 4.48. The number of hydrogen-bond acceptors (Lipinski definition) is 6. The number of rotatable bonds is 8. The van der Waals surface area contributed by atoms with Crippen LogP contribution < -0.4 is 5.32 Å². The van der Waals surface area contributed by atoms with Crippen LogP contribution in [0.3, 0.4) is 0 Å². The third kappa shape index (κ3) is 5.46. The highest BCUT2D eigenvalue weighted by Crippen LogP contribution is 2.36. The Morgan fingerprint density at radius 2 is 1.78 bits per heavy atom. The molecule has 0 spiro atoms. The summed E-state index contributed by atoms with van der Waals surface area (Å²) in [6, 6.07) is 17.4. The molecule has 0 amide bonds. The van der Waals surface area contributed by atoms with Crippen LogP contribution in [0.15, 0.2) is 48.5 Å². The van der Waals surface area contributed by atoms with E-state index in [-0.39, 0.29) is 11.9 Å². The minimum atomic E-state index is 0.153. The quantitative estimate of drug-likeness (QED) is 0.315. The predicted octanol–water partition coefficient (Wildman–Crippen LogP) is 5.60. The van der Waals surface area contributed by atoms with Crippen LogP contribution in [0.5, 0.6) is 0 Å². The molecule has 2 N–H and O–H groups in total. The van der Waals surface area contributed by atoms with E-state index in [9.17, 15) is 4.79 Å². The Morgan fingerprint density at radius 1 is 1.06 bits per heavy atom. The van der Waals surface area contributed by atoms with Crippen molar-refractivity contribution in [3.63, 3.8) is 0 Å². The minimum Gasteiger partial charge on any atom is -0.400 e. The molecule has 1 fully saturated rings. The van der Waals surface area contributed by atoms with E-state index in [2.05, 4.69) is 90.0 Å². The van der Waals surface area contributed by atoms with Gasteiger partial charge >= 0.3 is 0 Å². The van der Waals surface area contributed by atoms with E-state index in [1.54, 1.807) is 0 Å². The van der Waals surface area contributed by atoms with Gasteiger partial charge in [-0.3, -0.25) is 4.79 Å². The number of nitrogens with zero attached hydrogens (tertiary/aromatic N) is 4. The Morgan fingerprint density at radius 3 is 2.39 bits per heavy atom. The van der Waals surface area contributed by atoms with Crippen LogP contribution in [0.25, 0.3) is 22.6 Å². The Hall–Kier alpha value is -3.58. The molecule has 2 heterocycles. The van der Waals surface area contributed by atoms with Gasteiger partial charge in [-0.25, -0.2) is 15.0 Å². The Labute approximate surface area is 212 Å². The van der Waals surface area contributed by atoms with E-state index in [0.717, 1.165) is 29.6 Å². The van der Waals surface area contributed by atoms with Crippen molar-refractivity contribution in [3.05, 3.63) is 71.0 Å². The van der Waals surface area contributed by atoms with Crippen molar-refractivity contribution in [2.24, 2.45) is 5.92 Å². The first-order valence-corrected chi connectivity index (χ1v) is 12.5. The first kappa shape index (κ1) is 25.5. The number of imidazole rings is 1. The van der Waals surface area contributed by atoms with Crippen molar-refractivity contribution in [2.75, 3.05) is 12.4 Å². The Kier molecular flexibility index (Phi) is 7.79. The largest absolute Gasteiger partial charge is 0.400 e. The lowest BCUT2D eigenvalue weighted by Gasteiger charge is -2.17. The molecule has 0 aliphatic heterocycles. The molecule has 4 aromatic rings. The first-order valence-electron chi connectivity index (χ1n) is 12.5. The van der Waals surface area contributed by atoms with Crippen molar-refractivity contribution in [3.8, 4) is 11.4 Å². The molecule has 7 nitrogen and oxygen atoms in total. The van der Waals surface area contributed by atoms with Gasteiger partial charge in [0.1, 0.15) is 11.3 Å². The number of nitrogens with one attached hydrogen (secondary N) is 1. The highest BCUT2D eigenvalue weighted by Gasteiger charge is 2.29. The van der Waals surface area contributed by atoms with Gasteiger partial charge in [0.25, 0.3) is 0 Å². The van der Waals surface area contributed by atoms with Crippen molar-refractivity contribution in [2.45, 2.75) is 59.0 Å². The number of aldehydes is 1. The molecular weight excluding hydrogens is 450 g/mol. The van der Waals surface area contributed by atoms with Crippen molar-refractivity contribution < 1.29 is 9.90 Å². The number of carbonyl (C=O) groups is 1. The van der Waals surface area contributed by atoms with Crippen molar-refractivity contribution in [1.29, 1.82) is 0 Å². The number of benzene rings is 2. The summed E-state index contributed by atoms with van der Waals surface area (Å²) in [5.41, 5.74) is 6.06. The predicted molar refractivity (Wildman–Crippen MR) is 144 cm³/mol. The number of carbonyl (C=O) groups excluding carboxylic acids is 1. The van der Waals surface area contributed by atoms with E-state index in [1.165, 1.54) is 24.0 Å². The summed E-state index contributed by atoms with van der Waals surface area (Å²) < 4.78 is 2.19. The molecule has 2 aromatic carbocycles. The summed E-state index contributed by atoms with van der Waals surface area (Å²) in [6.45, 7) is 9.30. The van der Waals surface area contributed by atoms with Crippen LogP contribution in [0.4, 0.5) is 5.82 Å². The van der Waals surface area contributed by atoms with Gasteiger partial charge in [0, 0.05) is 25.3 Å². The summed E-state index contributed by atoms with van der Waals surface area (Å²) in [4.78, 5) is 25.6. The van der Waals surface area contributed by atoms with Gasteiger partial charge in [-0.05, 0) is 55.7 Å². The number of aliphatic hydroxyl groups is 1. The molecule has 0 saturated heterocycles. The number of aliphatic hydroxyl groups excluding tert-OH is 1. The maximum absolute atomic E-state index is 11.6. The summed E-state index contributed by atoms with van der Waals surface area (Å²) in [7, 11) is 1.00. The van der Waals surface area contributed by atoms with Crippen LogP contribution >= 0.6 is 0 Å². The van der Waals surface area contributed by atoms with Gasteiger partial charge in [-0.15, -0.1) is 0 Å². The average Bonchev–Trinajstić information content (AvgIpc) is 3.68. The van der Waals surface area contributed by atoms with Gasteiger partial charge in [0.05, 0.1) is 0 Å². The maximum Gasteiger partial charge on any atom is 0.196 e. The van der Waals surface area contributed by atoms with Crippen LogP contribution in [-0.2, 0) is 6.54 Å². The van der Waals surface area contributed by atoms with Crippen LogP contribution in [0.2, 0.25) is 0 Å². The molecule has 0 unspecified atom stereocenters. The van der Waals surface area contributed by atoms with E-state index >= 15 is 0 Å². The zero-order valence-electron chi connectivity index (χ0n) is 21.7. The van der Waals surface area contributed by atoms with Gasteiger partial charge in [-0.2, -0.15) is 0 Å². The molecule has 188 valence electrons. The highest BCUT2D eigenvalue weighted by molar-refractivity contribution is 5.89. The monoisotopic (exact) mass is 485 g/mol. The normalized spacial score (nSPS) is 13.9. The van der Waals surface area contributed by atoms with Crippen molar-refractivity contribution >= 4 is 23.3 Å². The molecule has 1 atom stereocenters. The maximum atomic E-state index is 11.6. The highest BCUT2D eigenvalue weighted by atomic mass is 16.2. The summed E-state index contributed by atoms with van der Waals surface area (Å²) in [6.07, 6.45) is 3.14. The SMILES string of the molecule is CO.Cc1cccc(-c2nc3nc(C=O)nc(N[C@H](C)C4CC4)c3n2Cc2ccc(C(C)C)cc2)c1. The molecule has 0 bridgehead atoms. The third-order valence-corrected chi connectivity index (χ3v) is 6.68. The fraction of sp³-hybridized carbons (Fsp3) is 0.379. The first-order chi connectivity index (χ1) is 17.4. The van der Waals surface area contributed by atoms with E-state index in [1.807, 2.05) is 6.07 Å². The minimum absolute atomic E-state index is 0.153. The molecule has 2 aromatic heterocycles. The van der Waals surface area contributed by atoms with Gasteiger partial charge in [0.15, 0.2) is 23.6 Å². The molecule has 1 aliphatic carbocycles. The lowest BCUT2D eigenvalue weighted by Crippen LogP contribution is -2.20. The number of aryl methyl sites for hydroxylation is 1. The fourth-order valence-corrected chi connectivity index (χ4v) is 4.48. The Balaban J connectivity index is 0.00000148. The molecule has 5 rings (SSSR count). The molecular formula is C29H35N5O2. The second kappa shape index (κ2) is 11.0. The Bertz CT molecular complexity index is 1340. The average molecular weight is 486 g/mol. The van der Waals surface area contributed by atoms with E-state index in [0.29, 0.717) is 36.1 Å². The van der Waals surface area contributed by atoms with Crippen LogP contribution in [-0.4, -0.2) is 44.1 Å². The standard InChI is InChI=1S/C28H31N5O.CH4O/c1-17(2)21-10-8-20(9-11-21)15-33-25-26(29-19(4)22-12-13-22)30-24(16-34)31-27(25)32-28(33)23-7-5-6-18(3)14-23;1-2/h5-11,14,16-17,19,22H,12-13,15H2,1-4H3,(H,29,30,31);2H,1H3/t19-;/m1./s1. The van der Waals surface area contributed by atoms with E-state index in [4.69, 9.17) is 10.1 Å². The summed E-state index contributed by atoms with van der Waals surface area (Å²) in [5.74, 6) is 2.78. The topological polar surface area (TPSA) is 92.9 Å². The number of hydrogen-bond donors (Lipinski definition) is 2. The molecule has 36 heavy (non-hydrogen) atoms. The number of aromatic nitrogens is 4. The molecule has 0 radical (unpaired) electrons.